The van der Waals surface area contributed by atoms with Crippen molar-refractivity contribution in [2.75, 3.05) is 7.05 Å². The Morgan fingerprint density at radius 1 is 1.36 bits per heavy atom. The Balaban J connectivity index is 2.00. The van der Waals surface area contributed by atoms with Crippen molar-refractivity contribution in [1.29, 1.82) is 0 Å². The lowest BCUT2D eigenvalue weighted by atomic mass is 10.0. The van der Waals surface area contributed by atoms with Gasteiger partial charge >= 0.3 is 0 Å². The SMILES string of the molecule is CN1[C@H]2CC3C[C@H]1[C@H](O3)[C@H]2O. The fraction of sp³-hybridized carbons (Fsp3) is 1.00. The van der Waals surface area contributed by atoms with Crippen molar-refractivity contribution in [3.63, 3.8) is 0 Å². The smallest absolute Gasteiger partial charge is 0.101 e. The molecule has 0 saturated carbocycles. The maximum Gasteiger partial charge on any atom is 0.101 e. The lowest BCUT2D eigenvalue weighted by Gasteiger charge is -2.33. The Kier molecular flexibility index (Phi) is 1.04. The molecule has 3 nitrogen and oxygen atoms in total. The van der Waals surface area contributed by atoms with Gasteiger partial charge in [0, 0.05) is 12.1 Å². The summed E-state index contributed by atoms with van der Waals surface area (Å²) in [5, 5.41) is 9.71. The number of likely N-dealkylation sites (N-methyl/N-ethyl adjacent to an activating group) is 1. The third-order valence-corrected chi connectivity index (χ3v) is 3.51. The largest absolute Gasteiger partial charge is 0.389 e. The van der Waals surface area contributed by atoms with E-state index in [2.05, 4.69) is 11.9 Å². The normalized spacial score (nSPS) is 61.1. The number of piperidine rings is 1. The number of ether oxygens (including phenoxy) is 1. The summed E-state index contributed by atoms with van der Waals surface area (Å²) in [6.45, 7) is 0. The first-order valence-corrected chi connectivity index (χ1v) is 4.33. The van der Waals surface area contributed by atoms with Crippen molar-refractivity contribution < 1.29 is 9.84 Å². The maximum absolute atomic E-state index is 9.71. The number of rotatable bonds is 0. The van der Waals surface area contributed by atoms with E-state index < -0.39 is 0 Å². The van der Waals surface area contributed by atoms with E-state index in [1.165, 1.54) is 0 Å². The van der Waals surface area contributed by atoms with Crippen molar-refractivity contribution in [3.8, 4) is 0 Å². The molecule has 11 heavy (non-hydrogen) atoms. The van der Waals surface area contributed by atoms with Gasteiger partial charge in [-0.25, -0.2) is 0 Å². The molecule has 0 aliphatic carbocycles. The highest BCUT2D eigenvalue weighted by Gasteiger charge is 2.57. The molecule has 0 aromatic rings. The number of nitrogens with zero attached hydrogens (tertiary/aromatic N) is 1. The Morgan fingerprint density at radius 2 is 2.09 bits per heavy atom. The summed E-state index contributed by atoms with van der Waals surface area (Å²) in [5.74, 6) is 0. The average molecular weight is 155 g/mol. The van der Waals surface area contributed by atoms with Crippen molar-refractivity contribution >= 4 is 0 Å². The second kappa shape index (κ2) is 1.79. The average Bonchev–Trinajstić information content (AvgIpc) is 2.39. The first-order chi connectivity index (χ1) is 5.27. The van der Waals surface area contributed by atoms with E-state index in [0.717, 1.165) is 12.8 Å². The Bertz CT molecular complexity index is 175. The molecule has 4 rings (SSSR count). The van der Waals surface area contributed by atoms with E-state index in [0.29, 0.717) is 18.2 Å². The monoisotopic (exact) mass is 155 g/mol. The molecule has 4 aliphatic heterocycles. The van der Waals surface area contributed by atoms with Crippen LogP contribution in [0, 0.1) is 0 Å². The van der Waals surface area contributed by atoms with Gasteiger partial charge in [-0.15, -0.1) is 0 Å². The molecule has 0 spiro atoms. The summed E-state index contributed by atoms with van der Waals surface area (Å²) in [6, 6.07) is 0.895. The van der Waals surface area contributed by atoms with E-state index in [1.807, 2.05) is 0 Å². The van der Waals surface area contributed by atoms with Crippen molar-refractivity contribution in [2.24, 2.45) is 0 Å². The second-order valence-corrected chi connectivity index (χ2v) is 3.98. The van der Waals surface area contributed by atoms with Crippen LogP contribution in [-0.2, 0) is 4.74 Å². The zero-order chi connectivity index (χ0) is 7.59. The zero-order valence-corrected chi connectivity index (χ0v) is 6.60. The zero-order valence-electron chi connectivity index (χ0n) is 6.60. The number of hydrogen-bond donors (Lipinski definition) is 1. The van der Waals surface area contributed by atoms with E-state index in [1.54, 1.807) is 0 Å². The molecule has 0 amide bonds. The molecule has 0 aromatic heterocycles. The molecule has 1 N–H and O–H groups in total. The van der Waals surface area contributed by atoms with Crippen LogP contribution in [-0.4, -0.2) is 47.4 Å². The fourth-order valence-electron chi connectivity index (χ4n) is 2.91. The Morgan fingerprint density at radius 3 is 2.73 bits per heavy atom. The van der Waals surface area contributed by atoms with Crippen LogP contribution in [0.25, 0.3) is 0 Å². The summed E-state index contributed by atoms with van der Waals surface area (Å²) in [4.78, 5) is 2.29. The fourth-order valence-corrected chi connectivity index (χ4v) is 2.91. The standard InChI is InChI=1S/C8H13NO2/c1-9-5-2-4-3-6(9)8(11-4)7(5)10/h4-8,10H,2-3H2,1H3/t4?,5-,6-,7-,8-/m0/s1. The Hall–Kier alpha value is -0.120. The van der Waals surface area contributed by atoms with E-state index in [9.17, 15) is 5.11 Å². The minimum absolute atomic E-state index is 0.128. The van der Waals surface area contributed by atoms with Crippen molar-refractivity contribution in [2.45, 2.75) is 43.2 Å². The van der Waals surface area contributed by atoms with Crippen LogP contribution in [0.4, 0.5) is 0 Å². The van der Waals surface area contributed by atoms with Crippen molar-refractivity contribution in [1.82, 2.24) is 4.90 Å². The van der Waals surface area contributed by atoms with Crippen molar-refractivity contribution in [3.05, 3.63) is 0 Å². The van der Waals surface area contributed by atoms with Crippen LogP contribution in [0.3, 0.4) is 0 Å². The van der Waals surface area contributed by atoms with Gasteiger partial charge in [-0.3, -0.25) is 4.90 Å². The van der Waals surface area contributed by atoms with Crippen LogP contribution < -0.4 is 0 Å². The highest BCUT2D eigenvalue weighted by molar-refractivity contribution is 5.10. The summed E-state index contributed by atoms with van der Waals surface area (Å²) in [5.41, 5.74) is 0. The first-order valence-electron chi connectivity index (χ1n) is 4.33. The van der Waals surface area contributed by atoms with Gasteiger partial charge in [0.1, 0.15) is 6.10 Å². The second-order valence-electron chi connectivity index (χ2n) is 3.98. The molecule has 4 bridgehead atoms. The molecule has 4 aliphatic rings. The molecule has 5 atom stereocenters. The predicted molar refractivity (Wildman–Crippen MR) is 39.2 cm³/mol. The maximum atomic E-state index is 9.71. The van der Waals surface area contributed by atoms with Crippen LogP contribution in [0.15, 0.2) is 0 Å². The van der Waals surface area contributed by atoms with Crippen LogP contribution >= 0.6 is 0 Å². The molecular formula is C8H13NO2. The van der Waals surface area contributed by atoms with Gasteiger partial charge in [-0.05, 0) is 19.9 Å². The highest BCUT2D eigenvalue weighted by Crippen LogP contribution is 2.44. The summed E-state index contributed by atoms with van der Waals surface area (Å²) in [7, 11) is 2.10. The molecule has 1 unspecified atom stereocenters. The molecule has 4 fully saturated rings. The molecule has 62 valence electrons. The lowest BCUT2D eigenvalue weighted by molar-refractivity contribution is -0.0758. The van der Waals surface area contributed by atoms with Crippen LogP contribution in [0.1, 0.15) is 12.8 Å². The van der Waals surface area contributed by atoms with Gasteiger partial charge in [0.15, 0.2) is 0 Å². The Labute approximate surface area is 65.9 Å². The molecular weight excluding hydrogens is 142 g/mol. The summed E-state index contributed by atoms with van der Waals surface area (Å²) in [6.07, 6.45) is 2.53. The summed E-state index contributed by atoms with van der Waals surface area (Å²) < 4.78 is 5.64. The first kappa shape index (κ1) is 6.40. The third kappa shape index (κ3) is 0.604. The highest BCUT2D eigenvalue weighted by atomic mass is 16.5. The summed E-state index contributed by atoms with van der Waals surface area (Å²) >= 11 is 0. The number of aliphatic hydroxyl groups is 1. The van der Waals surface area contributed by atoms with Gasteiger partial charge in [0.05, 0.1) is 12.2 Å². The van der Waals surface area contributed by atoms with Gasteiger partial charge in [-0.2, -0.15) is 0 Å². The molecule has 4 saturated heterocycles. The molecule has 4 heterocycles. The third-order valence-electron chi connectivity index (χ3n) is 3.51. The van der Waals surface area contributed by atoms with E-state index >= 15 is 0 Å². The molecule has 0 aromatic carbocycles. The lowest BCUT2D eigenvalue weighted by Crippen LogP contribution is -2.44. The number of hydrogen-bond acceptors (Lipinski definition) is 3. The molecule has 3 heteroatoms. The minimum atomic E-state index is -0.219. The molecule has 0 radical (unpaired) electrons. The predicted octanol–water partition coefficient (Wildman–Crippen LogP) is -0.409. The van der Waals surface area contributed by atoms with E-state index in [-0.39, 0.29) is 12.2 Å². The van der Waals surface area contributed by atoms with Gasteiger partial charge < -0.3 is 9.84 Å². The van der Waals surface area contributed by atoms with Gasteiger partial charge in [-0.1, -0.05) is 0 Å². The van der Waals surface area contributed by atoms with Crippen LogP contribution in [0.2, 0.25) is 0 Å². The van der Waals surface area contributed by atoms with Gasteiger partial charge in [0.25, 0.3) is 0 Å². The van der Waals surface area contributed by atoms with Gasteiger partial charge in [0.2, 0.25) is 0 Å². The topological polar surface area (TPSA) is 32.7 Å². The quantitative estimate of drug-likeness (QED) is 0.516. The minimum Gasteiger partial charge on any atom is -0.389 e. The number of aliphatic hydroxyl groups excluding tert-OH is 1. The van der Waals surface area contributed by atoms with E-state index in [4.69, 9.17) is 4.74 Å². The van der Waals surface area contributed by atoms with Crippen LogP contribution in [0.5, 0.6) is 0 Å².